The number of hydrogen-bond donors (Lipinski definition) is 0. The minimum absolute atomic E-state index is 0.848. The highest BCUT2D eigenvalue weighted by Gasteiger charge is 2.02. The molecule has 0 N–H and O–H groups in total. The second-order valence-electron chi connectivity index (χ2n) is 4.29. The summed E-state index contributed by atoms with van der Waals surface area (Å²) in [5, 5.41) is 0. The lowest BCUT2D eigenvalue weighted by molar-refractivity contribution is 0.687. The lowest BCUT2D eigenvalue weighted by atomic mass is 10.2. The number of para-hydroxylation sites is 1. The molecule has 0 fully saturated rings. The minimum Gasteiger partial charge on any atom is -0.370 e. The third-order valence-corrected chi connectivity index (χ3v) is 3.81. The third kappa shape index (κ3) is 3.20. The standard InChI is InChI=1S/C15H17NOS/c1-16(14-6-4-3-5-7-14)12-13-8-10-15(11-9-13)18(2)17/h3-11H,12H2,1-2H3/t18-/m0/s1. The summed E-state index contributed by atoms with van der Waals surface area (Å²) in [6.45, 7) is 0.848. The average Bonchev–Trinajstić information content (AvgIpc) is 2.40. The molecule has 2 aromatic rings. The molecule has 0 aliphatic heterocycles. The monoisotopic (exact) mass is 259 g/mol. The van der Waals surface area contributed by atoms with Gasteiger partial charge in [-0.25, -0.2) is 0 Å². The van der Waals surface area contributed by atoms with Gasteiger partial charge in [0.2, 0.25) is 0 Å². The lowest BCUT2D eigenvalue weighted by Gasteiger charge is -2.19. The highest BCUT2D eigenvalue weighted by molar-refractivity contribution is 7.84. The summed E-state index contributed by atoms with van der Waals surface area (Å²) in [4.78, 5) is 3.07. The third-order valence-electron chi connectivity index (χ3n) is 2.87. The van der Waals surface area contributed by atoms with Crippen molar-refractivity contribution in [3.05, 3.63) is 60.2 Å². The number of anilines is 1. The van der Waals surface area contributed by atoms with Crippen molar-refractivity contribution in [1.29, 1.82) is 0 Å². The van der Waals surface area contributed by atoms with E-state index in [1.54, 1.807) is 6.26 Å². The second kappa shape index (κ2) is 5.83. The smallest absolute Gasteiger partial charge is 0.0498 e. The van der Waals surface area contributed by atoms with Crippen LogP contribution in [-0.2, 0) is 17.3 Å². The molecule has 1 atom stereocenters. The maximum atomic E-state index is 11.3. The van der Waals surface area contributed by atoms with E-state index in [0.29, 0.717) is 0 Å². The summed E-state index contributed by atoms with van der Waals surface area (Å²) < 4.78 is 11.3. The first-order valence-corrected chi connectivity index (χ1v) is 7.41. The topological polar surface area (TPSA) is 20.3 Å². The van der Waals surface area contributed by atoms with E-state index in [9.17, 15) is 4.21 Å². The molecule has 0 saturated heterocycles. The van der Waals surface area contributed by atoms with Gasteiger partial charge in [-0.15, -0.1) is 0 Å². The van der Waals surface area contributed by atoms with Crippen LogP contribution in [-0.4, -0.2) is 17.5 Å². The number of hydrogen-bond acceptors (Lipinski definition) is 2. The first-order valence-electron chi connectivity index (χ1n) is 5.85. The fraction of sp³-hybridized carbons (Fsp3) is 0.200. The van der Waals surface area contributed by atoms with Crippen LogP contribution in [0.5, 0.6) is 0 Å². The summed E-state index contributed by atoms with van der Waals surface area (Å²) in [6.07, 6.45) is 1.70. The van der Waals surface area contributed by atoms with Gasteiger partial charge < -0.3 is 4.90 Å². The van der Waals surface area contributed by atoms with Gasteiger partial charge in [0.25, 0.3) is 0 Å². The molecule has 0 aromatic heterocycles. The summed E-state index contributed by atoms with van der Waals surface area (Å²) >= 11 is 0. The quantitative estimate of drug-likeness (QED) is 0.841. The number of nitrogens with zero attached hydrogens (tertiary/aromatic N) is 1. The Morgan fingerprint density at radius 3 is 2.17 bits per heavy atom. The Morgan fingerprint density at radius 1 is 1.00 bits per heavy atom. The molecule has 0 unspecified atom stereocenters. The van der Waals surface area contributed by atoms with Crippen molar-refractivity contribution in [3.8, 4) is 0 Å². The van der Waals surface area contributed by atoms with Gasteiger partial charge in [0, 0.05) is 41.2 Å². The molecule has 0 heterocycles. The summed E-state index contributed by atoms with van der Waals surface area (Å²) in [7, 11) is 1.17. The van der Waals surface area contributed by atoms with E-state index >= 15 is 0 Å². The van der Waals surface area contributed by atoms with E-state index in [1.165, 1.54) is 11.3 Å². The first-order chi connectivity index (χ1) is 8.66. The van der Waals surface area contributed by atoms with Crippen LogP contribution in [0.4, 0.5) is 5.69 Å². The molecular weight excluding hydrogens is 242 g/mol. The van der Waals surface area contributed by atoms with Gasteiger partial charge >= 0.3 is 0 Å². The predicted octanol–water partition coefficient (Wildman–Crippen LogP) is 3.06. The van der Waals surface area contributed by atoms with Crippen molar-refractivity contribution in [2.24, 2.45) is 0 Å². The highest BCUT2D eigenvalue weighted by atomic mass is 32.2. The van der Waals surface area contributed by atoms with Gasteiger partial charge in [-0.3, -0.25) is 4.21 Å². The van der Waals surface area contributed by atoms with Crippen LogP contribution in [0.15, 0.2) is 59.5 Å². The Balaban J connectivity index is 2.08. The summed E-state index contributed by atoms with van der Waals surface area (Å²) in [5.41, 5.74) is 2.41. The van der Waals surface area contributed by atoms with Crippen molar-refractivity contribution >= 4 is 16.5 Å². The van der Waals surface area contributed by atoms with Gasteiger partial charge in [0.15, 0.2) is 0 Å². The minimum atomic E-state index is -0.899. The molecule has 2 rings (SSSR count). The van der Waals surface area contributed by atoms with Crippen LogP contribution >= 0.6 is 0 Å². The SMILES string of the molecule is CN(Cc1ccc([S@](C)=O)cc1)c1ccccc1. The Hall–Kier alpha value is -1.61. The molecule has 0 spiro atoms. The highest BCUT2D eigenvalue weighted by Crippen LogP contribution is 2.15. The number of benzene rings is 2. The van der Waals surface area contributed by atoms with Crippen molar-refractivity contribution < 1.29 is 4.21 Å². The van der Waals surface area contributed by atoms with Crippen molar-refractivity contribution in [2.75, 3.05) is 18.2 Å². The molecule has 0 bridgehead atoms. The molecule has 2 aromatic carbocycles. The summed E-state index contributed by atoms with van der Waals surface area (Å²) in [6, 6.07) is 18.2. The Kier molecular flexibility index (Phi) is 4.15. The predicted molar refractivity (Wildman–Crippen MR) is 77.3 cm³/mol. The van der Waals surface area contributed by atoms with Crippen molar-refractivity contribution in [3.63, 3.8) is 0 Å². The van der Waals surface area contributed by atoms with Crippen LogP contribution in [0.1, 0.15) is 5.56 Å². The lowest BCUT2D eigenvalue weighted by Crippen LogP contribution is -2.16. The molecule has 18 heavy (non-hydrogen) atoms. The van der Waals surface area contributed by atoms with E-state index in [0.717, 1.165) is 11.4 Å². The largest absolute Gasteiger partial charge is 0.370 e. The van der Waals surface area contributed by atoms with Gasteiger partial charge in [0.05, 0.1) is 0 Å². The first kappa shape index (κ1) is 12.8. The van der Waals surface area contributed by atoms with Gasteiger partial charge in [-0.2, -0.15) is 0 Å². The second-order valence-corrected chi connectivity index (χ2v) is 5.67. The van der Waals surface area contributed by atoms with Gasteiger partial charge in [-0.1, -0.05) is 30.3 Å². The summed E-state index contributed by atoms with van der Waals surface area (Å²) in [5.74, 6) is 0. The van der Waals surface area contributed by atoms with Crippen LogP contribution in [0, 0.1) is 0 Å². The van der Waals surface area contributed by atoms with E-state index in [-0.39, 0.29) is 0 Å². The molecule has 2 nitrogen and oxygen atoms in total. The molecule has 3 heteroatoms. The van der Waals surface area contributed by atoms with Crippen molar-refractivity contribution in [2.45, 2.75) is 11.4 Å². The zero-order valence-corrected chi connectivity index (χ0v) is 11.5. The molecule has 94 valence electrons. The average molecular weight is 259 g/mol. The van der Waals surface area contributed by atoms with Crippen LogP contribution in [0.3, 0.4) is 0 Å². The Bertz CT molecular complexity index is 522. The van der Waals surface area contributed by atoms with E-state index in [1.807, 2.05) is 42.5 Å². The van der Waals surface area contributed by atoms with Crippen LogP contribution < -0.4 is 4.90 Å². The van der Waals surface area contributed by atoms with Crippen LogP contribution in [0.2, 0.25) is 0 Å². The van der Waals surface area contributed by atoms with E-state index in [2.05, 4.69) is 24.1 Å². The molecular formula is C15H17NOS. The fourth-order valence-electron chi connectivity index (χ4n) is 1.83. The fourth-order valence-corrected chi connectivity index (χ4v) is 2.35. The zero-order chi connectivity index (χ0) is 13.0. The van der Waals surface area contributed by atoms with Crippen molar-refractivity contribution in [1.82, 2.24) is 0 Å². The zero-order valence-electron chi connectivity index (χ0n) is 10.7. The Labute approximate surface area is 111 Å². The van der Waals surface area contributed by atoms with Gasteiger partial charge in [0.1, 0.15) is 0 Å². The normalized spacial score (nSPS) is 12.1. The van der Waals surface area contributed by atoms with Crippen LogP contribution in [0.25, 0.3) is 0 Å². The molecule has 0 aliphatic carbocycles. The van der Waals surface area contributed by atoms with E-state index in [4.69, 9.17) is 0 Å². The van der Waals surface area contributed by atoms with E-state index < -0.39 is 10.8 Å². The molecule has 0 radical (unpaired) electrons. The maximum Gasteiger partial charge on any atom is 0.0498 e. The Morgan fingerprint density at radius 2 is 1.61 bits per heavy atom. The molecule has 0 aliphatic rings. The molecule has 0 saturated carbocycles. The maximum absolute atomic E-state index is 11.3. The number of rotatable bonds is 4. The molecule has 0 amide bonds. The van der Waals surface area contributed by atoms with Gasteiger partial charge in [-0.05, 0) is 29.8 Å².